The van der Waals surface area contributed by atoms with Crippen molar-refractivity contribution >= 4 is 43.8 Å². The summed E-state index contributed by atoms with van der Waals surface area (Å²) in [6.07, 6.45) is 1.30. The summed E-state index contributed by atoms with van der Waals surface area (Å²) < 4.78 is 52.2. The van der Waals surface area contributed by atoms with E-state index in [9.17, 15) is 0 Å². The Kier molecular flexibility index (Phi) is 7.88. The maximum Gasteiger partial charge on any atom is 0.180 e. The van der Waals surface area contributed by atoms with Crippen molar-refractivity contribution in [3.05, 3.63) is 156 Å². The van der Waals surface area contributed by atoms with Crippen LogP contribution < -0.4 is 0 Å². The summed E-state index contributed by atoms with van der Waals surface area (Å²) >= 11 is 1.70. The number of pyridine rings is 1. The molecule has 9 aromatic rings. The summed E-state index contributed by atoms with van der Waals surface area (Å²) in [7, 11) is 0. The molecular weight excluding hydrogens is 837 g/mol. The second-order valence-electron chi connectivity index (χ2n) is 13.2. The Labute approximate surface area is 329 Å². The molecule has 5 nitrogen and oxygen atoms in total. The first-order valence-corrected chi connectivity index (χ1v) is 17.3. The number of para-hydroxylation sites is 1. The van der Waals surface area contributed by atoms with Crippen LogP contribution in [0.1, 0.15) is 45.1 Å². The monoisotopic (exact) mass is 879 g/mol. The minimum absolute atomic E-state index is 0. The predicted octanol–water partition coefficient (Wildman–Crippen LogP) is 12.0. The number of thiazole rings is 1. The van der Waals surface area contributed by atoms with Crippen molar-refractivity contribution in [2.75, 3.05) is 0 Å². The van der Waals surface area contributed by atoms with Crippen molar-refractivity contribution in [2.45, 2.75) is 39.9 Å². The number of hydrogen-bond acceptors (Lipinski definition) is 5. The van der Waals surface area contributed by atoms with Gasteiger partial charge in [0.25, 0.3) is 0 Å². The average molecular weight is 879 g/mol. The van der Waals surface area contributed by atoms with Gasteiger partial charge < -0.3 is 14.0 Å². The van der Waals surface area contributed by atoms with E-state index < -0.39 is 13.7 Å². The predicted molar refractivity (Wildman–Crippen MR) is 210 cm³/mol. The van der Waals surface area contributed by atoms with Crippen molar-refractivity contribution in [1.82, 2.24) is 19.5 Å². The van der Waals surface area contributed by atoms with Gasteiger partial charge in [-0.05, 0) is 47.4 Å². The molecule has 0 bridgehead atoms. The van der Waals surface area contributed by atoms with E-state index in [-0.39, 0.29) is 36.6 Å². The van der Waals surface area contributed by atoms with Crippen molar-refractivity contribution in [2.24, 2.45) is 0 Å². The maximum absolute atomic E-state index is 7.28. The summed E-state index contributed by atoms with van der Waals surface area (Å²) in [6.45, 7) is 2.22. The van der Waals surface area contributed by atoms with Crippen LogP contribution in [0.5, 0.6) is 0 Å². The second kappa shape index (κ2) is 14.4. The quantitative estimate of drug-likeness (QED) is 0.165. The summed E-state index contributed by atoms with van der Waals surface area (Å²) in [5.41, 5.74) is 8.12. The van der Waals surface area contributed by atoms with E-state index in [0.29, 0.717) is 11.3 Å². The number of furan rings is 1. The Morgan fingerprint density at radius 2 is 1.50 bits per heavy atom. The van der Waals surface area contributed by atoms with Gasteiger partial charge >= 0.3 is 0 Å². The fourth-order valence-corrected chi connectivity index (χ4v) is 7.01. The van der Waals surface area contributed by atoms with Crippen LogP contribution >= 0.6 is 11.3 Å². The van der Waals surface area contributed by atoms with E-state index in [1.54, 1.807) is 23.5 Å². The zero-order chi connectivity index (χ0) is 40.1. The summed E-state index contributed by atoms with van der Waals surface area (Å²) in [5, 5.41) is 3.22. The molecular formula is C45H36IrN4OS-2. The Morgan fingerprint density at radius 1 is 0.750 bits per heavy atom. The van der Waals surface area contributed by atoms with E-state index in [2.05, 4.69) is 103 Å². The number of rotatable bonds is 4. The first kappa shape index (κ1) is 28.4. The molecule has 52 heavy (non-hydrogen) atoms. The molecule has 9 rings (SSSR count). The van der Waals surface area contributed by atoms with Crippen LogP contribution in [0, 0.1) is 25.8 Å². The van der Waals surface area contributed by atoms with Gasteiger partial charge in [-0.15, -0.1) is 53.6 Å². The van der Waals surface area contributed by atoms with Crippen molar-refractivity contribution in [3.63, 3.8) is 0 Å². The SMILES string of the molecule is CC(C)(C)c1nc2nc(-c3[c-]ccc4c3oc3ccccc34)n(-c3ccc(-c4ccccc4)cc3)c2s1.[2H]C([2H])([2H])c1c[c-]c(-c2ccc(C([2H])([2H])[2H])cn2)cc1.[Ir]. The molecule has 4 aromatic heterocycles. The van der Waals surface area contributed by atoms with Gasteiger partial charge in [0.1, 0.15) is 15.4 Å². The van der Waals surface area contributed by atoms with Crippen LogP contribution in [0.4, 0.5) is 0 Å². The molecule has 0 aliphatic rings. The standard InChI is InChI=1S/C32H24N3OS.C13H12N.Ir/c1-32(2,3)31-34-28-30(37-31)35(22-18-16-21(17-19-22)20-10-5-4-6-11-20)29(33-28)25-14-9-13-24-23-12-7-8-15-26(23)36-27(24)25;1-10-3-6-12(7-4-10)13-8-5-11(2)9-14-13;/h4-13,15-19H,1-3H3;3-6,8-9H,1-2H3;/q2*-1;/i;1D3,2D3;. The van der Waals surface area contributed by atoms with Gasteiger partial charge in [-0.1, -0.05) is 123 Å². The third kappa shape index (κ3) is 6.88. The smallest absolute Gasteiger partial charge is 0.180 e. The van der Waals surface area contributed by atoms with Gasteiger partial charge in [0.15, 0.2) is 5.65 Å². The van der Waals surface area contributed by atoms with Gasteiger partial charge in [0.2, 0.25) is 0 Å². The number of aromatic nitrogens is 4. The number of benzene rings is 5. The summed E-state index contributed by atoms with van der Waals surface area (Å²) in [6, 6.07) is 45.1. The Bertz CT molecular complexity index is 2780. The molecule has 4 heterocycles. The molecule has 0 saturated carbocycles. The number of imidazole rings is 1. The molecule has 1 radical (unpaired) electrons. The summed E-state index contributed by atoms with van der Waals surface area (Å²) in [4.78, 5) is 15.1. The van der Waals surface area contributed by atoms with E-state index in [0.717, 1.165) is 54.5 Å². The first-order valence-electron chi connectivity index (χ1n) is 19.5. The fraction of sp³-hybridized carbons (Fsp3) is 0.133. The van der Waals surface area contributed by atoms with E-state index >= 15 is 0 Å². The topological polar surface area (TPSA) is 56.7 Å². The molecule has 0 unspecified atom stereocenters. The van der Waals surface area contributed by atoms with Crippen molar-refractivity contribution in [3.8, 4) is 39.5 Å². The van der Waals surface area contributed by atoms with Crippen LogP contribution in [0.15, 0.2) is 132 Å². The van der Waals surface area contributed by atoms with Gasteiger partial charge in [-0.3, -0.25) is 4.98 Å². The molecule has 0 atom stereocenters. The van der Waals surface area contributed by atoms with E-state index in [4.69, 9.17) is 22.6 Å². The first-order chi connectivity index (χ1) is 27.1. The minimum atomic E-state index is -2.18. The molecule has 7 heteroatoms. The third-order valence-electron chi connectivity index (χ3n) is 8.51. The Balaban J connectivity index is 0.000000208. The largest absolute Gasteiger partial charge is 0.501 e. The van der Waals surface area contributed by atoms with Gasteiger partial charge in [0, 0.05) is 51.0 Å². The van der Waals surface area contributed by atoms with E-state index in [1.165, 1.54) is 35.5 Å². The number of aryl methyl sites for hydroxylation is 2. The van der Waals surface area contributed by atoms with Crippen molar-refractivity contribution in [1.29, 1.82) is 0 Å². The molecule has 0 aliphatic carbocycles. The second-order valence-corrected chi connectivity index (χ2v) is 14.2. The Hall–Kier alpha value is -5.20. The van der Waals surface area contributed by atoms with Gasteiger partial charge in [-0.25, -0.2) is 4.98 Å². The molecule has 0 spiro atoms. The molecule has 259 valence electrons. The van der Waals surface area contributed by atoms with Crippen LogP contribution in [-0.2, 0) is 25.5 Å². The fourth-order valence-electron chi connectivity index (χ4n) is 5.92. The van der Waals surface area contributed by atoms with Crippen LogP contribution in [0.2, 0.25) is 0 Å². The van der Waals surface area contributed by atoms with Gasteiger partial charge in [-0.2, -0.15) is 0 Å². The average Bonchev–Trinajstić information content (AvgIpc) is 3.90. The number of hydrogen-bond donors (Lipinski definition) is 0. The van der Waals surface area contributed by atoms with Crippen molar-refractivity contribution < 1.29 is 32.7 Å². The molecule has 0 saturated heterocycles. The third-order valence-corrected chi connectivity index (χ3v) is 9.96. The number of fused-ring (bicyclic) bond motifs is 4. The van der Waals surface area contributed by atoms with Gasteiger partial charge in [0.05, 0.1) is 11.4 Å². The number of nitrogens with zero attached hydrogens (tertiary/aromatic N) is 4. The van der Waals surface area contributed by atoms with Crippen LogP contribution in [0.25, 0.3) is 71.9 Å². The molecule has 0 N–H and O–H groups in total. The normalized spacial score (nSPS) is 13.6. The molecule has 0 aliphatic heterocycles. The molecule has 5 aromatic carbocycles. The zero-order valence-corrected chi connectivity index (χ0v) is 31.8. The van der Waals surface area contributed by atoms with Crippen LogP contribution in [0.3, 0.4) is 0 Å². The minimum Gasteiger partial charge on any atom is -0.501 e. The molecule has 0 fully saturated rings. The van der Waals surface area contributed by atoms with E-state index in [1.807, 2.05) is 30.3 Å². The zero-order valence-electron chi connectivity index (χ0n) is 34.6. The maximum atomic E-state index is 7.28. The molecule has 0 amide bonds. The summed E-state index contributed by atoms with van der Waals surface area (Å²) in [5.74, 6) is 0.784. The Morgan fingerprint density at radius 3 is 2.21 bits per heavy atom. The van der Waals surface area contributed by atoms with Crippen LogP contribution in [-0.4, -0.2) is 19.5 Å².